The smallest absolute Gasteiger partial charge is 0.305 e. The van der Waals surface area contributed by atoms with Gasteiger partial charge in [0.05, 0.1) is 25.3 Å². The van der Waals surface area contributed by atoms with E-state index in [0.29, 0.717) is 18.5 Å². The minimum Gasteiger partial charge on any atom is -0.481 e. The average Bonchev–Trinajstić information content (AvgIpc) is 3.21. The summed E-state index contributed by atoms with van der Waals surface area (Å²) in [5, 5.41) is 16.8. The molecule has 3 rings (SSSR count). The first-order valence-electron chi connectivity index (χ1n) is 8.16. The number of rotatable bonds is 6. The number of carbonyl (C=O) groups is 2. The van der Waals surface area contributed by atoms with Crippen LogP contribution in [0.25, 0.3) is 0 Å². The Morgan fingerprint density at radius 2 is 2.23 bits per heavy atom. The second-order valence-corrected chi connectivity index (χ2v) is 6.23. The van der Waals surface area contributed by atoms with E-state index < -0.39 is 12.0 Å². The lowest BCUT2D eigenvalue weighted by Crippen LogP contribution is -2.37. The largest absolute Gasteiger partial charge is 0.481 e. The van der Waals surface area contributed by atoms with E-state index in [1.807, 2.05) is 0 Å². The molecule has 1 aliphatic heterocycles. The van der Waals surface area contributed by atoms with E-state index in [0.717, 1.165) is 0 Å². The molecule has 2 atom stereocenters. The normalized spacial score (nSPS) is 19.7. The van der Waals surface area contributed by atoms with Crippen LogP contribution in [0.3, 0.4) is 0 Å². The Bertz CT molecular complexity index is 810. The summed E-state index contributed by atoms with van der Waals surface area (Å²) >= 11 is 0. The van der Waals surface area contributed by atoms with E-state index in [4.69, 9.17) is 9.84 Å². The highest BCUT2D eigenvalue weighted by atomic mass is 19.1. The van der Waals surface area contributed by atoms with Gasteiger partial charge in [0.15, 0.2) is 5.69 Å². The quantitative estimate of drug-likeness (QED) is 0.828. The van der Waals surface area contributed by atoms with Gasteiger partial charge >= 0.3 is 5.97 Å². The summed E-state index contributed by atoms with van der Waals surface area (Å²) in [7, 11) is 1.53. The van der Waals surface area contributed by atoms with Crippen LogP contribution in [-0.2, 0) is 16.1 Å². The van der Waals surface area contributed by atoms with Crippen molar-refractivity contribution in [2.75, 3.05) is 13.7 Å². The molecule has 1 fully saturated rings. The van der Waals surface area contributed by atoms with Crippen molar-refractivity contribution in [1.82, 2.24) is 19.9 Å². The highest BCUT2D eigenvalue weighted by Gasteiger charge is 2.37. The Kier molecular flexibility index (Phi) is 5.27. The lowest BCUT2D eigenvalue weighted by atomic mass is 10.1. The van der Waals surface area contributed by atoms with E-state index >= 15 is 0 Å². The lowest BCUT2D eigenvalue weighted by molar-refractivity contribution is -0.138. The van der Waals surface area contributed by atoms with Crippen LogP contribution in [0, 0.1) is 5.82 Å². The third kappa shape index (κ3) is 4.05. The van der Waals surface area contributed by atoms with Crippen molar-refractivity contribution < 1.29 is 23.8 Å². The SMILES string of the molecule is COC1CC(CC(=O)O)N(C(=O)c2cn(Cc3cccc(F)c3)nn2)C1. The van der Waals surface area contributed by atoms with Crippen LogP contribution in [-0.4, -0.2) is 62.7 Å². The maximum absolute atomic E-state index is 13.3. The van der Waals surface area contributed by atoms with E-state index in [2.05, 4.69) is 10.3 Å². The molecule has 1 amide bonds. The van der Waals surface area contributed by atoms with Crippen LogP contribution >= 0.6 is 0 Å². The summed E-state index contributed by atoms with van der Waals surface area (Å²) in [6, 6.07) is 5.63. The van der Waals surface area contributed by atoms with Gasteiger partial charge in [-0.15, -0.1) is 5.10 Å². The molecule has 9 heteroatoms. The Labute approximate surface area is 149 Å². The molecule has 2 aromatic rings. The van der Waals surface area contributed by atoms with Gasteiger partial charge in [-0.05, 0) is 24.1 Å². The second-order valence-electron chi connectivity index (χ2n) is 6.23. The summed E-state index contributed by atoms with van der Waals surface area (Å²) in [5.41, 5.74) is 0.812. The number of carbonyl (C=O) groups excluding carboxylic acids is 1. The van der Waals surface area contributed by atoms with Crippen LogP contribution in [0.1, 0.15) is 28.9 Å². The predicted molar refractivity (Wildman–Crippen MR) is 88.0 cm³/mol. The first-order valence-corrected chi connectivity index (χ1v) is 8.16. The number of benzene rings is 1. The van der Waals surface area contributed by atoms with Gasteiger partial charge in [0.25, 0.3) is 5.91 Å². The first-order chi connectivity index (χ1) is 12.5. The van der Waals surface area contributed by atoms with Crippen LogP contribution in [0.2, 0.25) is 0 Å². The summed E-state index contributed by atoms with van der Waals surface area (Å²) in [4.78, 5) is 25.2. The van der Waals surface area contributed by atoms with Gasteiger partial charge in [-0.2, -0.15) is 0 Å². The number of likely N-dealkylation sites (tertiary alicyclic amines) is 1. The monoisotopic (exact) mass is 362 g/mol. The molecule has 26 heavy (non-hydrogen) atoms. The van der Waals surface area contributed by atoms with Crippen molar-refractivity contribution in [1.29, 1.82) is 0 Å². The summed E-state index contributed by atoms with van der Waals surface area (Å²) < 4.78 is 20.0. The molecule has 0 aliphatic carbocycles. The molecular formula is C17H19FN4O4. The van der Waals surface area contributed by atoms with Gasteiger partial charge in [-0.25, -0.2) is 9.07 Å². The fourth-order valence-electron chi connectivity index (χ4n) is 3.13. The molecule has 2 heterocycles. The molecular weight excluding hydrogens is 343 g/mol. The molecule has 1 saturated heterocycles. The predicted octanol–water partition coefficient (Wildman–Crippen LogP) is 1.17. The van der Waals surface area contributed by atoms with Gasteiger partial charge in [0, 0.05) is 19.7 Å². The summed E-state index contributed by atoms with van der Waals surface area (Å²) in [5.74, 6) is -1.71. The van der Waals surface area contributed by atoms with Gasteiger partial charge in [-0.1, -0.05) is 17.3 Å². The number of aromatic nitrogens is 3. The third-order valence-electron chi connectivity index (χ3n) is 4.37. The maximum atomic E-state index is 13.3. The minimum atomic E-state index is -0.973. The van der Waals surface area contributed by atoms with Gasteiger partial charge in [-0.3, -0.25) is 9.59 Å². The van der Waals surface area contributed by atoms with E-state index in [-0.39, 0.29) is 36.5 Å². The molecule has 0 saturated carbocycles. The van der Waals surface area contributed by atoms with Crippen LogP contribution < -0.4 is 0 Å². The van der Waals surface area contributed by atoms with E-state index in [1.165, 1.54) is 35.0 Å². The molecule has 1 N–H and O–H groups in total. The zero-order chi connectivity index (χ0) is 18.7. The molecule has 1 aromatic carbocycles. The Morgan fingerprint density at radius 1 is 1.42 bits per heavy atom. The third-order valence-corrected chi connectivity index (χ3v) is 4.37. The summed E-state index contributed by atoms with van der Waals surface area (Å²) in [6.45, 7) is 0.585. The number of nitrogens with zero attached hydrogens (tertiary/aromatic N) is 4. The Morgan fingerprint density at radius 3 is 2.92 bits per heavy atom. The standard InChI is InChI=1S/C17H19FN4O4/c1-26-14-6-13(7-16(23)24)22(9-14)17(25)15-10-21(20-19-15)8-11-3-2-4-12(18)5-11/h2-5,10,13-14H,6-9H2,1H3,(H,23,24). The van der Waals surface area contributed by atoms with Gasteiger partial charge in [0.2, 0.25) is 0 Å². The Balaban J connectivity index is 1.73. The number of hydrogen-bond donors (Lipinski definition) is 1. The number of ether oxygens (including phenoxy) is 1. The molecule has 1 aromatic heterocycles. The van der Waals surface area contributed by atoms with Crippen molar-refractivity contribution in [3.8, 4) is 0 Å². The van der Waals surface area contributed by atoms with Crippen molar-refractivity contribution in [2.45, 2.75) is 31.5 Å². The van der Waals surface area contributed by atoms with Crippen molar-refractivity contribution in [2.24, 2.45) is 0 Å². The zero-order valence-corrected chi connectivity index (χ0v) is 14.2. The van der Waals surface area contributed by atoms with Crippen molar-refractivity contribution >= 4 is 11.9 Å². The molecule has 0 radical (unpaired) electrons. The zero-order valence-electron chi connectivity index (χ0n) is 14.2. The lowest BCUT2D eigenvalue weighted by Gasteiger charge is -2.21. The molecule has 0 bridgehead atoms. The first kappa shape index (κ1) is 18.0. The topological polar surface area (TPSA) is 97.6 Å². The minimum absolute atomic E-state index is 0.119. The second kappa shape index (κ2) is 7.61. The average molecular weight is 362 g/mol. The number of amides is 1. The van der Waals surface area contributed by atoms with Crippen LogP contribution in [0.4, 0.5) is 4.39 Å². The number of carboxylic acid groups (broad SMARTS) is 1. The highest BCUT2D eigenvalue weighted by molar-refractivity contribution is 5.92. The summed E-state index contributed by atoms with van der Waals surface area (Å²) in [6.07, 6.45) is 1.59. The number of halogens is 1. The fourth-order valence-corrected chi connectivity index (χ4v) is 3.13. The van der Waals surface area contributed by atoms with Gasteiger partial charge in [0.1, 0.15) is 5.82 Å². The molecule has 0 spiro atoms. The number of methoxy groups -OCH3 is 1. The number of carboxylic acids is 1. The molecule has 8 nitrogen and oxygen atoms in total. The molecule has 1 aliphatic rings. The van der Waals surface area contributed by atoms with E-state index in [1.54, 1.807) is 12.1 Å². The van der Waals surface area contributed by atoms with Crippen molar-refractivity contribution in [3.63, 3.8) is 0 Å². The molecule has 2 unspecified atom stereocenters. The molecule has 138 valence electrons. The van der Waals surface area contributed by atoms with E-state index in [9.17, 15) is 14.0 Å². The Hall–Kier alpha value is -2.81. The highest BCUT2D eigenvalue weighted by Crippen LogP contribution is 2.24. The fraction of sp³-hybridized carbons (Fsp3) is 0.412. The van der Waals surface area contributed by atoms with Crippen LogP contribution in [0.15, 0.2) is 30.5 Å². The maximum Gasteiger partial charge on any atom is 0.305 e. The number of hydrogen-bond acceptors (Lipinski definition) is 5. The van der Waals surface area contributed by atoms with Crippen molar-refractivity contribution in [3.05, 3.63) is 47.5 Å². The van der Waals surface area contributed by atoms with Crippen LogP contribution in [0.5, 0.6) is 0 Å². The number of aliphatic carboxylic acids is 1. The van der Waals surface area contributed by atoms with Gasteiger partial charge < -0.3 is 14.7 Å².